The largest absolute Gasteiger partial charge is 0.344 e. The lowest BCUT2D eigenvalue weighted by atomic mass is 10.2. The average molecular weight is 181 g/mol. The van der Waals surface area contributed by atoms with Crippen LogP contribution in [0, 0.1) is 12.3 Å². The Kier molecular flexibility index (Phi) is 4.30. The number of nitrogens with one attached hydrogen (secondary N) is 2. The van der Waals surface area contributed by atoms with Gasteiger partial charge in [0.15, 0.2) is 0 Å². The van der Waals surface area contributed by atoms with Crippen LogP contribution in [0.5, 0.6) is 0 Å². The molecule has 0 spiro atoms. The molecule has 1 rings (SSSR count). The molecule has 1 heterocycles. The van der Waals surface area contributed by atoms with Crippen LogP contribution < -0.4 is 10.7 Å². The van der Waals surface area contributed by atoms with Crippen molar-refractivity contribution in [1.82, 2.24) is 15.8 Å². The summed E-state index contributed by atoms with van der Waals surface area (Å²) in [4.78, 5) is 11.2. The molecule has 4 nitrogen and oxygen atoms in total. The first-order valence-electron chi connectivity index (χ1n) is 4.51. The molecule has 72 valence electrons. The van der Waals surface area contributed by atoms with E-state index in [1.54, 1.807) is 0 Å². The molecule has 4 heteroatoms. The molecule has 1 amide bonds. The van der Waals surface area contributed by atoms with E-state index in [1.165, 1.54) is 6.42 Å². The molecule has 1 saturated heterocycles. The van der Waals surface area contributed by atoms with Gasteiger partial charge in [-0.15, -0.1) is 6.42 Å². The molecule has 0 atom stereocenters. The van der Waals surface area contributed by atoms with Gasteiger partial charge in [0.25, 0.3) is 0 Å². The van der Waals surface area contributed by atoms with Crippen LogP contribution in [0.4, 0.5) is 0 Å². The minimum Gasteiger partial charge on any atom is -0.344 e. The Hall–Kier alpha value is -1.05. The van der Waals surface area contributed by atoms with E-state index in [9.17, 15) is 4.79 Å². The van der Waals surface area contributed by atoms with Gasteiger partial charge < -0.3 is 5.32 Å². The van der Waals surface area contributed by atoms with Gasteiger partial charge in [0.2, 0.25) is 5.91 Å². The Balaban J connectivity index is 2.15. The number of hydrogen-bond acceptors (Lipinski definition) is 3. The summed E-state index contributed by atoms with van der Waals surface area (Å²) in [7, 11) is 0. The standard InChI is InChI=1S/C9H15N3O/c1-2-5-10-9(13)8-12-7-4-3-6-11-12/h1,11H,3-8H2,(H,10,13). The fourth-order valence-electron chi connectivity index (χ4n) is 1.26. The molecule has 2 N–H and O–H groups in total. The van der Waals surface area contributed by atoms with Crippen molar-refractivity contribution in [2.45, 2.75) is 12.8 Å². The van der Waals surface area contributed by atoms with E-state index in [-0.39, 0.29) is 5.91 Å². The molecule has 13 heavy (non-hydrogen) atoms. The number of rotatable bonds is 3. The Morgan fingerprint density at radius 3 is 3.08 bits per heavy atom. The van der Waals surface area contributed by atoms with Crippen molar-refractivity contribution in [2.75, 3.05) is 26.2 Å². The highest BCUT2D eigenvalue weighted by Crippen LogP contribution is 1.97. The lowest BCUT2D eigenvalue weighted by molar-refractivity contribution is -0.123. The number of nitrogens with zero attached hydrogens (tertiary/aromatic N) is 1. The maximum Gasteiger partial charge on any atom is 0.236 e. The van der Waals surface area contributed by atoms with Crippen molar-refractivity contribution < 1.29 is 4.79 Å². The first kappa shape index (κ1) is 10.0. The van der Waals surface area contributed by atoms with E-state index in [1.807, 2.05) is 5.01 Å². The summed E-state index contributed by atoms with van der Waals surface area (Å²) in [5, 5.41) is 4.55. The summed E-state index contributed by atoms with van der Waals surface area (Å²) in [6.45, 7) is 2.60. The SMILES string of the molecule is C#CCNC(=O)CN1CCCCN1. The third-order valence-electron chi connectivity index (χ3n) is 1.91. The van der Waals surface area contributed by atoms with E-state index >= 15 is 0 Å². The maximum absolute atomic E-state index is 11.2. The van der Waals surface area contributed by atoms with Gasteiger partial charge in [-0.25, -0.2) is 5.01 Å². The van der Waals surface area contributed by atoms with E-state index in [0.717, 1.165) is 19.5 Å². The van der Waals surface area contributed by atoms with Gasteiger partial charge in [-0.1, -0.05) is 5.92 Å². The zero-order valence-electron chi connectivity index (χ0n) is 7.68. The summed E-state index contributed by atoms with van der Waals surface area (Å²) < 4.78 is 0. The minimum atomic E-state index is -0.0210. The molecule has 0 unspecified atom stereocenters. The normalized spacial score (nSPS) is 17.8. The van der Waals surface area contributed by atoms with Gasteiger partial charge in [0.1, 0.15) is 0 Å². The summed E-state index contributed by atoms with van der Waals surface area (Å²) in [6.07, 6.45) is 7.35. The van der Waals surface area contributed by atoms with Gasteiger partial charge in [-0.2, -0.15) is 0 Å². The van der Waals surface area contributed by atoms with Crippen LogP contribution >= 0.6 is 0 Å². The van der Waals surface area contributed by atoms with Crippen molar-refractivity contribution in [3.8, 4) is 12.3 Å². The quantitative estimate of drug-likeness (QED) is 0.568. The maximum atomic E-state index is 11.2. The van der Waals surface area contributed by atoms with Crippen LogP contribution in [-0.4, -0.2) is 37.1 Å². The highest BCUT2D eigenvalue weighted by Gasteiger charge is 2.12. The predicted octanol–water partition coefficient (Wildman–Crippen LogP) is -0.664. The van der Waals surface area contributed by atoms with Crippen LogP contribution in [0.1, 0.15) is 12.8 Å². The number of carbonyl (C=O) groups is 1. The first-order valence-corrected chi connectivity index (χ1v) is 4.51. The summed E-state index contributed by atoms with van der Waals surface area (Å²) in [5.41, 5.74) is 3.15. The molecular weight excluding hydrogens is 166 g/mol. The molecule has 0 aliphatic carbocycles. The third kappa shape index (κ3) is 3.92. The highest BCUT2D eigenvalue weighted by molar-refractivity contribution is 5.78. The van der Waals surface area contributed by atoms with Crippen LogP contribution in [0.25, 0.3) is 0 Å². The summed E-state index contributed by atoms with van der Waals surface area (Å²) in [5.74, 6) is 2.34. The second-order valence-electron chi connectivity index (χ2n) is 3.02. The number of hydrogen-bond donors (Lipinski definition) is 2. The van der Waals surface area contributed by atoms with E-state index < -0.39 is 0 Å². The molecule has 1 aliphatic rings. The van der Waals surface area contributed by atoms with Gasteiger partial charge >= 0.3 is 0 Å². The fourth-order valence-corrected chi connectivity index (χ4v) is 1.26. The fraction of sp³-hybridized carbons (Fsp3) is 0.667. The van der Waals surface area contributed by atoms with Crippen molar-refractivity contribution >= 4 is 5.91 Å². The third-order valence-corrected chi connectivity index (χ3v) is 1.91. The molecule has 1 aliphatic heterocycles. The minimum absolute atomic E-state index is 0.0210. The zero-order chi connectivity index (χ0) is 9.52. The van der Waals surface area contributed by atoms with Crippen LogP contribution in [0.3, 0.4) is 0 Å². The number of carbonyl (C=O) groups excluding carboxylic acids is 1. The van der Waals surface area contributed by atoms with E-state index in [4.69, 9.17) is 6.42 Å². The van der Waals surface area contributed by atoms with Crippen molar-refractivity contribution in [1.29, 1.82) is 0 Å². The monoisotopic (exact) mass is 181 g/mol. The number of amides is 1. The lowest BCUT2D eigenvalue weighted by Gasteiger charge is -2.26. The molecule has 0 aromatic carbocycles. The van der Waals surface area contributed by atoms with Gasteiger partial charge in [0.05, 0.1) is 13.1 Å². The second-order valence-corrected chi connectivity index (χ2v) is 3.02. The van der Waals surface area contributed by atoms with Crippen LogP contribution in [-0.2, 0) is 4.79 Å². The van der Waals surface area contributed by atoms with E-state index in [2.05, 4.69) is 16.7 Å². The zero-order valence-corrected chi connectivity index (χ0v) is 7.68. The smallest absolute Gasteiger partial charge is 0.236 e. The van der Waals surface area contributed by atoms with Crippen molar-refractivity contribution in [3.05, 3.63) is 0 Å². The molecule has 1 fully saturated rings. The molecule has 0 aromatic rings. The van der Waals surface area contributed by atoms with Crippen molar-refractivity contribution in [3.63, 3.8) is 0 Å². The molecular formula is C9H15N3O. The topological polar surface area (TPSA) is 44.4 Å². The second kappa shape index (κ2) is 5.57. The summed E-state index contributed by atoms with van der Waals surface area (Å²) in [6, 6.07) is 0. The Bertz CT molecular complexity index is 203. The predicted molar refractivity (Wildman–Crippen MR) is 50.7 cm³/mol. The summed E-state index contributed by atoms with van der Waals surface area (Å²) >= 11 is 0. The number of hydrazine groups is 1. The van der Waals surface area contributed by atoms with Gasteiger partial charge in [0, 0.05) is 13.1 Å². The van der Waals surface area contributed by atoms with Gasteiger partial charge in [-0.05, 0) is 12.8 Å². The molecule has 0 aromatic heterocycles. The Morgan fingerprint density at radius 1 is 1.62 bits per heavy atom. The first-order chi connectivity index (χ1) is 6.33. The lowest BCUT2D eigenvalue weighted by Crippen LogP contribution is -2.48. The van der Waals surface area contributed by atoms with Crippen LogP contribution in [0.15, 0.2) is 0 Å². The highest BCUT2D eigenvalue weighted by atomic mass is 16.2. The Morgan fingerprint density at radius 2 is 2.46 bits per heavy atom. The van der Waals surface area contributed by atoms with Crippen LogP contribution in [0.2, 0.25) is 0 Å². The molecule has 0 radical (unpaired) electrons. The number of terminal acetylenes is 1. The van der Waals surface area contributed by atoms with Crippen molar-refractivity contribution in [2.24, 2.45) is 0 Å². The van der Waals surface area contributed by atoms with Gasteiger partial charge in [-0.3, -0.25) is 10.2 Å². The molecule has 0 bridgehead atoms. The Labute approximate surface area is 78.6 Å². The average Bonchev–Trinajstić information content (AvgIpc) is 2.16. The molecule has 0 saturated carbocycles. The van der Waals surface area contributed by atoms with E-state index in [0.29, 0.717) is 13.1 Å².